The molecule has 0 spiro atoms. The predicted octanol–water partition coefficient (Wildman–Crippen LogP) is 4.46. The van der Waals surface area contributed by atoms with Crippen LogP contribution in [0, 0.1) is 5.92 Å². The Morgan fingerprint density at radius 1 is 1.12 bits per heavy atom. The van der Waals surface area contributed by atoms with E-state index in [1.807, 2.05) is 48.5 Å². The van der Waals surface area contributed by atoms with Crippen molar-refractivity contribution in [3.63, 3.8) is 0 Å². The number of benzene rings is 2. The lowest BCUT2D eigenvalue weighted by Crippen LogP contribution is -2.10. The van der Waals surface area contributed by atoms with E-state index in [4.69, 9.17) is 10.5 Å². The number of nitrogen functional groups attached to an aromatic ring is 1. The first kappa shape index (κ1) is 16.1. The lowest BCUT2D eigenvalue weighted by molar-refractivity contribution is 0.306. The van der Waals surface area contributed by atoms with Gasteiger partial charge in [-0.15, -0.1) is 0 Å². The Bertz CT molecular complexity index is 816. The van der Waals surface area contributed by atoms with Crippen molar-refractivity contribution in [1.82, 2.24) is 4.98 Å². The molecule has 4 nitrogen and oxygen atoms in total. The van der Waals surface area contributed by atoms with E-state index >= 15 is 0 Å². The van der Waals surface area contributed by atoms with Crippen molar-refractivity contribution >= 4 is 22.3 Å². The van der Waals surface area contributed by atoms with Gasteiger partial charge in [0.1, 0.15) is 12.4 Å². The number of anilines is 2. The minimum Gasteiger partial charge on any atom is -0.489 e. The topological polar surface area (TPSA) is 60.2 Å². The smallest absolute Gasteiger partial charge is 0.122 e. The Labute approximate surface area is 142 Å². The molecule has 0 aliphatic rings. The van der Waals surface area contributed by atoms with Gasteiger partial charge in [-0.25, -0.2) is 0 Å². The van der Waals surface area contributed by atoms with E-state index in [1.54, 1.807) is 6.20 Å². The molecule has 124 valence electrons. The van der Waals surface area contributed by atoms with E-state index < -0.39 is 0 Å². The highest BCUT2D eigenvalue weighted by Gasteiger charge is 2.07. The number of nitrogens with one attached hydrogen (secondary N) is 1. The average molecular weight is 321 g/mol. The molecule has 0 radical (unpaired) electrons. The summed E-state index contributed by atoms with van der Waals surface area (Å²) in [6.07, 6.45) is 1.79. The summed E-state index contributed by atoms with van der Waals surface area (Å²) in [6.45, 7) is 5.73. The molecule has 4 heteroatoms. The van der Waals surface area contributed by atoms with Crippen molar-refractivity contribution < 1.29 is 4.74 Å². The zero-order valence-corrected chi connectivity index (χ0v) is 14.1. The number of nitrogens with two attached hydrogens (primary N) is 1. The first-order valence-electron chi connectivity index (χ1n) is 8.22. The minimum atomic E-state index is 0.538. The third-order valence-corrected chi connectivity index (χ3v) is 3.83. The quantitative estimate of drug-likeness (QED) is 0.703. The largest absolute Gasteiger partial charge is 0.489 e. The van der Waals surface area contributed by atoms with Crippen molar-refractivity contribution in [2.75, 3.05) is 17.6 Å². The summed E-state index contributed by atoms with van der Waals surface area (Å²) in [5, 5.41) is 4.29. The molecule has 0 bridgehead atoms. The molecular formula is C20H23N3O. The van der Waals surface area contributed by atoms with Gasteiger partial charge in [0.2, 0.25) is 0 Å². The van der Waals surface area contributed by atoms with Crippen LogP contribution in [0.4, 0.5) is 11.4 Å². The Morgan fingerprint density at radius 3 is 2.67 bits per heavy atom. The van der Waals surface area contributed by atoms with Gasteiger partial charge in [0, 0.05) is 18.0 Å². The summed E-state index contributed by atoms with van der Waals surface area (Å²) in [5.41, 5.74) is 9.87. The van der Waals surface area contributed by atoms with Crippen LogP contribution in [0.1, 0.15) is 19.4 Å². The van der Waals surface area contributed by atoms with Crippen LogP contribution in [0.15, 0.2) is 54.7 Å². The van der Waals surface area contributed by atoms with Gasteiger partial charge >= 0.3 is 0 Å². The lowest BCUT2D eigenvalue weighted by atomic mass is 10.1. The van der Waals surface area contributed by atoms with E-state index in [0.717, 1.165) is 40.1 Å². The van der Waals surface area contributed by atoms with Crippen LogP contribution < -0.4 is 15.8 Å². The van der Waals surface area contributed by atoms with E-state index in [0.29, 0.717) is 12.5 Å². The molecule has 0 atom stereocenters. The number of ether oxygens (including phenoxy) is 1. The predicted molar refractivity (Wildman–Crippen MR) is 100 cm³/mol. The Balaban J connectivity index is 1.77. The highest BCUT2D eigenvalue weighted by Crippen LogP contribution is 2.29. The molecule has 3 rings (SSSR count). The molecule has 0 saturated heterocycles. The fourth-order valence-corrected chi connectivity index (χ4v) is 2.48. The fraction of sp³-hybridized carbons (Fsp3) is 0.250. The third kappa shape index (κ3) is 3.77. The summed E-state index contributed by atoms with van der Waals surface area (Å²) in [7, 11) is 0. The van der Waals surface area contributed by atoms with Gasteiger partial charge < -0.3 is 15.8 Å². The Hall–Kier alpha value is -2.75. The van der Waals surface area contributed by atoms with Crippen LogP contribution in [0.2, 0.25) is 0 Å². The number of pyridine rings is 1. The van der Waals surface area contributed by atoms with Gasteiger partial charge in [0.05, 0.1) is 23.1 Å². The molecule has 3 aromatic rings. The van der Waals surface area contributed by atoms with Gasteiger partial charge in [-0.3, -0.25) is 4.98 Å². The summed E-state index contributed by atoms with van der Waals surface area (Å²) in [6, 6.07) is 15.9. The number of aromatic nitrogens is 1. The molecule has 0 unspecified atom stereocenters. The van der Waals surface area contributed by atoms with Gasteiger partial charge in [-0.2, -0.15) is 0 Å². The zero-order valence-electron chi connectivity index (χ0n) is 14.1. The van der Waals surface area contributed by atoms with Crippen molar-refractivity contribution in [2.45, 2.75) is 20.5 Å². The lowest BCUT2D eigenvalue weighted by Gasteiger charge is -2.13. The van der Waals surface area contributed by atoms with Crippen LogP contribution in [-0.4, -0.2) is 11.5 Å². The van der Waals surface area contributed by atoms with Crippen LogP contribution in [0.5, 0.6) is 5.75 Å². The number of rotatable bonds is 6. The maximum absolute atomic E-state index is 6.28. The van der Waals surface area contributed by atoms with Crippen molar-refractivity contribution in [3.8, 4) is 5.75 Å². The molecule has 0 saturated carbocycles. The van der Waals surface area contributed by atoms with E-state index in [9.17, 15) is 0 Å². The first-order valence-corrected chi connectivity index (χ1v) is 8.22. The fourth-order valence-electron chi connectivity index (χ4n) is 2.48. The molecule has 24 heavy (non-hydrogen) atoms. The monoisotopic (exact) mass is 321 g/mol. The standard InChI is InChI=1S/C20H23N3O/c1-14(2)11-22-19-12-23-18-10-16(8-9-17(18)20(19)21)24-13-15-6-4-3-5-7-15/h3-10,12,14,22H,11,13H2,1-2H3,(H2,21,23). The molecule has 1 aromatic heterocycles. The third-order valence-electron chi connectivity index (χ3n) is 3.83. The molecular weight excluding hydrogens is 298 g/mol. The Kier molecular flexibility index (Phi) is 4.85. The number of hydrogen-bond acceptors (Lipinski definition) is 4. The van der Waals surface area contributed by atoms with Crippen LogP contribution in [0.3, 0.4) is 0 Å². The second-order valence-electron chi connectivity index (χ2n) is 6.31. The van der Waals surface area contributed by atoms with Crippen molar-refractivity contribution in [2.24, 2.45) is 5.92 Å². The minimum absolute atomic E-state index is 0.538. The number of fused-ring (bicyclic) bond motifs is 1. The second-order valence-corrected chi connectivity index (χ2v) is 6.31. The highest BCUT2D eigenvalue weighted by molar-refractivity contribution is 5.96. The van der Waals surface area contributed by atoms with E-state index in [1.165, 1.54) is 0 Å². The summed E-state index contributed by atoms with van der Waals surface area (Å²) in [5.74, 6) is 1.34. The first-order chi connectivity index (χ1) is 11.6. The Morgan fingerprint density at radius 2 is 1.92 bits per heavy atom. The van der Waals surface area contributed by atoms with Gasteiger partial charge in [0.15, 0.2) is 0 Å². The SMILES string of the molecule is CC(C)CNc1cnc2cc(OCc3ccccc3)ccc2c1N. The molecule has 0 aliphatic carbocycles. The number of nitrogens with zero attached hydrogens (tertiary/aromatic N) is 1. The highest BCUT2D eigenvalue weighted by atomic mass is 16.5. The van der Waals surface area contributed by atoms with Crippen LogP contribution in [0.25, 0.3) is 10.9 Å². The average Bonchev–Trinajstić information content (AvgIpc) is 2.60. The van der Waals surface area contributed by atoms with Crippen LogP contribution in [-0.2, 0) is 6.61 Å². The summed E-state index contributed by atoms with van der Waals surface area (Å²) < 4.78 is 5.85. The summed E-state index contributed by atoms with van der Waals surface area (Å²) >= 11 is 0. The molecule has 1 heterocycles. The van der Waals surface area contributed by atoms with Gasteiger partial charge in [-0.1, -0.05) is 44.2 Å². The summed E-state index contributed by atoms with van der Waals surface area (Å²) in [4.78, 5) is 4.51. The molecule has 3 N–H and O–H groups in total. The zero-order chi connectivity index (χ0) is 16.9. The maximum atomic E-state index is 6.28. The van der Waals surface area contributed by atoms with E-state index in [-0.39, 0.29) is 0 Å². The van der Waals surface area contributed by atoms with Gasteiger partial charge in [-0.05, 0) is 23.6 Å². The van der Waals surface area contributed by atoms with Crippen molar-refractivity contribution in [3.05, 3.63) is 60.3 Å². The number of hydrogen-bond donors (Lipinski definition) is 2. The van der Waals surface area contributed by atoms with Gasteiger partial charge in [0.25, 0.3) is 0 Å². The normalized spacial score (nSPS) is 11.0. The second kappa shape index (κ2) is 7.21. The van der Waals surface area contributed by atoms with Crippen LogP contribution >= 0.6 is 0 Å². The molecule has 2 aromatic carbocycles. The van der Waals surface area contributed by atoms with E-state index in [2.05, 4.69) is 24.1 Å². The molecule has 0 amide bonds. The molecule has 0 aliphatic heterocycles. The molecule has 0 fully saturated rings. The van der Waals surface area contributed by atoms with Crippen molar-refractivity contribution in [1.29, 1.82) is 0 Å². The maximum Gasteiger partial charge on any atom is 0.122 e.